The van der Waals surface area contributed by atoms with E-state index in [1.807, 2.05) is 42.5 Å². The number of anilines is 2. The highest BCUT2D eigenvalue weighted by atomic mass is 32.1. The van der Waals surface area contributed by atoms with Crippen LogP contribution >= 0.6 is 11.3 Å². The second-order valence-corrected chi connectivity index (χ2v) is 9.16. The van der Waals surface area contributed by atoms with Crippen LogP contribution in [0.2, 0.25) is 0 Å². The molecule has 1 aromatic carbocycles. The lowest BCUT2D eigenvalue weighted by molar-refractivity contribution is -0.121. The van der Waals surface area contributed by atoms with Crippen LogP contribution in [0, 0.1) is 0 Å². The average molecular weight is 388 g/mol. The van der Waals surface area contributed by atoms with Crippen LogP contribution in [-0.2, 0) is 23.1 Å². The number of thiophene rings is 1. The summed E-state index contributed by atoms with van der Waals surface area (Å²) in [6.45, 7) is 4.04. The molecule has 4 heterocycles. The minimum Gasteiger partial charge on any atom is -0.353 e. The standard InChI is InChI=1S/C22H20N4OS/c1-22(2)15-10-16-14(9-17(15)26(21(22)27)18-7-4-8-28-18)13-6-3-5-12-11-23-25-19(12)20(13)24-16/h4,7-11,24H,3,5-6H2,1-2H3,(H,23,25). The normalized spacial score (nSPS) is 17.5. The first-order valence-electron chi connectivity index (χ1n) is 9.65. The first kappa shape index (κ1) is 16.1. The Labute approximate surface area is 166 Å². The van der Waals surface area contributed by atoms with Gasteiger partial charge in [-0.25, -0.2) is 0 Å². The smallest absolute Gasteiger partial charge is 0.242 e. The van der Waals surface area contributed by atoms with Crippen LogP contribution in [0.15, 0.2) is 35.8 Å². The number of rotatable bonds is 1. The number of H-pyrrole nitrogens is 2. The Bertz CT molecular complexity index is 1250. The Morgan fingerprint density at radius 2 is 2.11 bits per heavy atom. The van der Waals surface area contributed by atoms with Crippen molar-refractivity contribution in [3.63, 3.8) is 0 Å². The summed E-state index contributed by atoms with van der Waals surface area (Å²) in [6.07, 6.45) is 5.10. The predicted molar refractivity (Wildman–Crippen MR) is 112 cm³/mol. The zero-order valence-corrected chi connectivity index (χ0v) is 16.6. The first-order chi connectivity index (χ1) is 13.6. The van der Waals surface area contributed by atoms with Crippen LogP contribution in [-0.4, -0.2) is 21.1 Å². The molecule has 5 nitrogen and oxygen atoms in total. The van der Waals surface area contributed by atoms with E-state index in [1.54, 1.807) is 11.3 Å². The molecule has 0 atom stereocenters. The zero-order valence-electron chi connectivity index (χ0n) is 15.8. The van der Waals surface area contributed by atoms with Gasteiger partial charge >= 0.3 is 0 Å². The summed E-state index contributed by atoms with van der Waals surface area (Å²) in [4.78, 5) is 18.8. The Hall–Kier alpha value is -2.86. The highest BCUT2D eigenvalue weighted by molar-refractivity contribution is 7.14. The molecule has 0 saturated carbocycles. The van der Waals surface area contributed by atoms with Crippen molar-refractivity contribution in [2.45, 2.75) is 38.5 Å². The molecule has 28 heavy (non-hydrogen) atoms. The Morgan fingerprint density at radius 3 is 2.93 bits per heavy atom. The van der Waals surface area contributed by atoms with E-state index >= 15 is 0 Å². The number of nitrogens with one attached hydrogen (secondary N) is 2. The number of benzene rings is 1. The number of hydrogen-bond donors (Lipinski definition) is 2. The number of aryl methyl sites for hydroxylation is 2. The maximum Gasteiger partial charge on any atom is 0.242 e. The molecule has 0 saturated heterocycles. The number of fused-ring (bicyclic) bond motifs is 6. The van der Waals surface area contributed by atoms with Gasteiger partial charge in [-0.1, -0.05) is 0 Å². The van der Waals surface area contributed by atoms with Crippen LogP contribution in [0.25, 0.3) is 22.3 Å². The van der Waals surface area contributed by atoms with Crippen LogP contribution < -0.4 is 4.90 Å². The molecular formula is C22H20N4OS. The number of hydrogen-bond acceptors (Lipinski definition) is 3. The zero-order chi connectivity index (χ0) is 19.0. The molecule has 0 unspecified atom stereocenters. The third-order valence-corrected chi connectivity index (χ3v) is 7.10. The first-order valence-corrected chi connectivity index (χ1v) is 10.5. The highest BCUT2D eigenvalue weighted by Crippen LogP contribution is 2.49. The fourth-order valence-corrected chi connectivity index (χ4v) is 5.48. The van der Waals surface area contributed by atoms with Gasteiger partial charge in [0.1, 0.15) is 5.00 Å². The van der Waals surface area contributed by atoms with E-state index in [0.717, 1.165) is 52.4 Å². The number of amides is 1. The van der Waals surface area contributed by atoms with Gasteiger partial charge in [0.15, 0.2) is 0 Å². The lowest BCUT2D eigenvalue weighted by Gasteiger charge is -2.18. The van der Waals surface area contributed by atoms with Gasteiger partial charge in [0.2, 0.25) is 5.91 Å². The van der Waals surface area contributed by atoms with Crippen molar-refractivity contribution < 1.29 is 4.79 Å². The van der Waals surface area contributed by atoms with Crippen LogP contribution in [0.4, 0.5) is 10.7 Å². The average Bonchev–Trinajstić information content (AvgIpc) is 3.42. The van der Waals surface area contributed by atoms with Crippen LogP contribution in [0.1, 0.15) is 37.0 Å². The number of nitrogens with zero attached hydrogens (tertiary/aromatic N) is 2. The molecule has 1 aliphatic carbocycles. The van der Waals surface area contributed by atoms with Crippen molar-refractivity contribution in [2.24, 2.45) is 0 Å². The summed E-state index contributed by atoms with van der Waals surface area (Å²) < 4.78 is 0. The minimum absolute atomic E-state index is 0.138. The number of carbonyl (C=O) groups is 1. The third kappa shape index (κ3) is 1.96. The molecule has 1 aliphatic heterocycles. The summed E-state index contributed by atoms with van der Waals surface area (Å²) in [5.74, 6) is 0.138. The van der Waals surface area contributed by atoms with Gasteiger partial charge in [-0.3, -0.25) is 14.8 Å². The SMILES string of the molecule is CC1(C)C(=O)N(c2cccs2)c2cc3c4c([nH]c3cc21)-c1[nH]ncc1CCC4. The maximum absolute atomic E-state index is 13.3. The van der Waals surface area contributed by atoms with Crippen LogP contribution in [0.5, 0.6) is 0 Å². The second-order valence-electron chi connectivity index (χ2n) is 8.23. The maximum atomic E-state index is 13.3. The van der Waals surface area contributed by atoms with E-state index in [2.05, 4.69) is 27.3 Å². The molecule has 6 heteroatoms. The van der Waals surface area contributed by atoms with E-state index in [9.17, 15) is 4.79 Å². The minimum atomic E-state index is -0.546. The number of aromatic amines is 2. The summed E-state index contributed by atoms with van der Waals surface area (Å²) in [7, 11) is 0. The molecule has 0 fully saturated rings. The third-order valence-electron chi connectivity index (χ3n) is 6.24. The lowest BCUT2D eigenvalue weighted by Crippen LogP contribution is -2.32. The van der Waals surface area contributed by atoms with Crippen molar-refractivity contribution in [1.82, 2.24) is 15.2 Å². The van der Waals surface area contributed by atoms with Crippen LogP contribution in [0.3, 0.4) is 0 Å². The molecule has 0 bridgehead atoms. The fourth-order valence-electron chi connectivity index (χ4n) is 4.74. The van der Waals surface area contributed by atoms with Gasteiger partial charge in [-0.15, -0.1) is 11.3 Å². The van der Waals surface area contributed by atoms with Gasteiger partial charge < -0.3 is 4.98 Å². The van der Waals surface area contributed by atoms with E-state index < -0.39 is 5.41 Å². The molecule has 2 N–H and O–H groups in total. The Kier molecular flexibility index (Phi) is 3.08. The predicted octanol–water partition coefficient (Wildman–Crippen LogP) is 5.06. The van der Waals surface area contributed by atoms with Gasteiger partial charge in [0, 0.05) is 10.9 Å². The molecular weight excluding hydrogens is 368 g/mol. The summed E-state index contributed by atoms with van der Waals surface area (Å²) in [6, 6.07) is 8.42. The molecule has 4 aromatic rings. The van der Waals surface area contributed by atoms with E-state index in [1.165, 1.54) is 16.5 Å². The van der Waals surface area contributed by atoms with Crippen molar-refractivity contribution in [1.29, 1.82) is 0 Å². The summed E-state index contributed by atoms with van der Waals surface area (Å²) >= 11 is 1.60. The molecule has 1 amide bonds. The Balaban J connectivity index is 1.64. The van der Waals surface area contributed by atoms with Gasteiger partial charge in [0.25, 0.3) is 0 Å². The molecule has 0 radical (unpaired) electrons. The number of aromatic nitrogens is 3. The second kappa shape index (κ2) is 5.35. The van der Waals surface area contributed by atoms with E-state index in [0.29, 0.717) is 0 Å². The van der Waals surface area contributed by atoms with Gasteiger partial charge in [0.05, 0.1) is 28.7 Å². The molecule has 6 rings (SSSR count). The van der Waals surface area contributed by atoms with E-state index in [4.69, 9.17) is 0 Å². The van der Waals surface area contributed by atoms with Gasteiger partial charge in [-0.05, 0) is 79.4 Å². The molecule has 2 aliphatic rings. The number of carbonyl (C=O) groups excluding carboxylic acids is 1. The Morgan fingerprint density at radius 1 is 1.21 bits per heavy atom. The molecule has 3 aromatic heterocycles. The largest absolute Gasteiger partial charge is 0.353 e. The quantitative estimate of drug-likeness (QED) is 0.478. The lowest BCUT2D eigenvalue weighted by atomic mass is 9.85. The fraction of sp³-hybridized carbons (Fsp3) is 0.273. The highest BCUT2D eigenvalue weighted by Gasteiger charge is 2.45. The van der Waals surface area contributed by atoms with Crippen molar-refractivity contribution in [3.05, 3.63) is 52.5 Å². The van der Waals surface area contributed by atoms with Crippen molar-refractivity contribution >= 4 is 38.8 Å². The van der Waals surface area contributed by atoms with Gasteiger partial charge in [-0.2, -0.15) is 5.10 Å². The van der Waals surface area contributed by atoms with Crippen molar-refractivity contribution in [3.8, 4) is 11.4 Å². The van der Waals surface area contributed by atoms with E-state index in [-0.39, 0.29) is 5.91 Å². The monoisotopic (exact) mass is 388 g/mol. The topological polar surface area (TPSA) is 64.8 Å². The molecule has 140 valence electrons. The van der Waals surface area contributed by atoms with Crippen molar-refractivity contribution in [2.75, 3.05) is 4.90 Å². The summed E-state index contributed by atoms with van der Waals surface area (Å²) in [5, 5.41) is 11.7. The molecule has 0 spiro atoms. The summed E-state index contributed by atoms with van der Waals surface area (Å²) in [5.41, 5.74) is 7.50.